The van der Waals surface area contributed by atoms with Crippen molar-refractivity contribution in [2.24, 2.45) is 16.6 Å². The number of nitrogens with zero attached hydrogens (tertiary/aromatic N) is 4. The molecule has 3 N–H and O–H groups in total. The molecule has 0 aliphatic carbocycles. The second-order valence-electron chi connectivity index (χ2n) is 7.77. The topological polar surface area (TPSA) is 96.7 Å². The lowest BCUT2D eigenvalue weighted by molar-refractivity contribution is -0.134. The number of aliphatic carboxylic acids is 1. The molecule has 0 radical (unpaired) electrons. The maximum absolute atomic E-state index is 11.2. The second kappa shape index (κ2) is 13.5. The molecule has 0 bridgehead atoms. The molecular weight excluding hydrogens is 506 g/mol. The first-order valence-electron chi connectivity index (χ1n) is 11.6. The zero-order chi connectivity index (χ0) is 26.0. The van der Waals surface area contributed by atoms with Crippen LogP contribution in [0, 0.1) is 5.92 Å². The maximum atomic E-state index is 11.2. The van der Waals surface area contributed by atoms with Crippen molar-refractivity contribution in [3.8, 4) is 0 Å². The van der Waals surface area contributed by atoms with Crippen LogP contribution in [0.25, 0.3) is 24.0 Å². The van der Waals surface area contributed by atoms with Crippen molar-refractivity contribution >= 4 is 58.0 Å². The number of aliphatic imine (C=N–C) groups is 1. The number of piperidine rings is 1. The van der Waals surface area contributed by atoms with E-state index < -0.39 is 5.97 Å². The molecule has 0 atom stereocenters. The van der Waals surface area contributed by atoms with E-state index in [9.17, 15) is 4.79 Å². The summed E-state index contributed by atoms with van der Waals surface area (Å²) >= 11 is 3.28. The lowest BCUT2D eigenvalue weighted by atomic mass is 9.98. The number of carbonyl (C=O) groups is 1. The molecule has 1 aromatic carbocycles. The van der Waals surface area contributed by atoms with Crippen molar-refractivity contribution in [2.75, 3.05) is 13.1 Å². The van der Waals surface area contributed by atoms with Crippen LogP contribution in [-0.2, 0) is 4.79 Å². The minimum atomic E-state index is -0.980. The highest BCUT2D eigenvalue weighted by Crippen LogP contribution is 2.30. The maximum Gasteiger partial charge on any atom is 0.351 e. The summed E-state index contributed by atoms with van der Waals surface area (Å²) in [6.45, 7) is 15.0. The van der Waals surface area contributed by atoms with Crippen LogP contribution in [0.5, 0.6) is 0 Å². The molecule has 1 saturated heterocycles. The Kier molecular flexibility index (Phi) is 10.7. The number of hydrogen-bond acceptors (Lipinski definition) is 5. The van der Waals surface area contributed by atoms with Gasteiger partial charge in [-0.3, -0.25) is 0 Å². The number of benzene rings is 1. The minimum Gasteiger partial charge on any atom is -0.477 e. The fourth-order valence-corrected chi connectivity index (χ4v) is 3.89. The Hall–Kier alpha value is -3.39. The lowest BCUT2D eigenvalue weighted by Crippen LogP contribution is -2.35. The third-order valence-corrected chi connectivity index (χ3v) is 6.13. The SMILES string of the molecule is C=C(C(=O)O)N1CCC(/C=N/c2c(C(/C=c3/ccccc3=C)=C/C)cnn2/C(N)=C/Br)CC1.CC. The van der Waals surface area contributed by atoms with E-state index in [1.54, 1.807) is 20.8 Å². The molecule has 2 aromatic rings. The van der Waals surface area contributed by atoms with E-state index in [4.69, 9.17) is 15.8 Å². The number of hydrogen-bond donors (Lipinski definition) is 2. The van der Waals surface area contributed by atoms with Crippen LogP contribution in [0.1, 0.15) is 39.2 Å². The summed E-state index contributed by atoms with van der Waals surface area (Å²) in [5, 5.41) is 15.6. The monoisotopic (exact) mass is 539 g/mol. The first kappa shape index (κ1) is 27.9. The van der Waals surface area contributed by atoms with Crippen molar-refractivity contribution in [1.82, 2.24) is 14.7 Å². The fourth-order valence-electron chi connectivity index (χ4n) is 3.69. The fraction of sp³-hybridized carbons (Fsp3) is 0.296. The van der Waals surface area contributed by atoms with Crippen LogP contribution in [0.15, 0.2) is 58.8 Å². The zero-order valence-corrected chi connectivity index (χ0v) is 22.2. The average Bonchev–Trinajstić information content (AvgIpc) is 3.31. The molecule has 1 aliphatic rings. The van der Waals surface area contributed by atoms with Crippen LogP contribution >= 0.6 is 15.9 Å². The molecule has 8 heteroatoms. The smallest absolute Gasteiger partial charge is 0.351 e. The standard InChI is InChI=1S/C25H28BrN5O2.C2H6/c1-4-20(13-21-8-6-5-7-17(21)2)22-16-29-31(23(27)14-26)24(22)28-15-19-9-11-30(12-10-19)18(3)25(32)33;1-2/h4-8,13-16,19H,2-3,9-12,27H2,1H3,(H,32,33);1-2H3/b20-4+,21-13-,23-14+,28-15+;. The minimum absolute atomic E-state index is 0.139. The van der Waals surface area contributed by atoms with Gasteiger partial charge in [0.15, 0.2) is 5.82 Å². The summed E-state index contributed by atoms with van der Waals surface area (Å²) in [5.74, 6) is 0.277. The number of nitrogens with two attached hydrogens (primary N) is 1. The van der Waals surface area contributed by atoms with E-state index in [-0.39, 0.29) is 11.6 Å². The van der Waals surface area contributed by atoms with Crippen LogP contribution < -0.4 is 16.2 Å². The number of halogens is 1. The highest BCUT2D eigenvalue weighted by Gasteiger charge is 2.22. The van der Waals surface area contributed by atoms with Crippen molar-refractivity contribution in [3.05, 3.63) is 69.8 Å². The molecule has 1 fully saturated rings. The summed E-state index contributed by atoms with van der Waals surface area (Å²) in [7, 11) is 0. The van der Waals surface area contributed by atoms with Gasteiger partial charge in [-0.15, -0.1) is 0 Å². The predicted molar refractivity (Wildman–Crippen MR) is 150 cm³/mol. The largest absolute Gasteiger partial charge is 0.477 e. The molecular formula is C27H34BrN5O2. The van der Waals surface area contributed by atoms with E-state index in [2.05, 4.69) is 40.3 Å². The Labute approximate surface area is 215 Å². The zero-order valence-electron chi connectivity index (χ0n) is 20.6. The lowest BCUT2D eigenvalue weighted by Gasteiger charge is -2.31. The third kappa shape index (κ3) is 7.05. The highest BCUT2D eigenvalue weighted by atomic mass is 79.9. The van der Waals surface area contributed by atoms with Crippen LogP contribution in [0.4, 0.5) is 5.82 Å². The molecule has 0 saturated carbocycles. The van der Waals surface area contributed by atoms with E-state index >= 15 is 0 Å². The van der Waals surface area contributed by atoms with E-state index in [0.29, 0.717) is 24.7 Å². The van der Waals surface area contributed by atoms with Gasteiger partial charge in [0.2, 0.25) is 0 Å². The summed E-state index contributed by atoms with van der Waals surface area (Å²) in [5.41, 5.74) is 8.09. The number of likely N-dealkylation sites (tertiary alicyclic amines) is 1. The van der Waals surface area contributed by atoms with E-state index in [0.717, 1.165) is 34.4 Å². The summed E-state index contributed by atoms with van der Waals surface area (Å²) < 4.78 is 1.59. The molecule has 3 rings (SSSR count). The van der Waals surface area contributed by atoms with Gasteiger partial charge in [0.05, 0.1) is 6.20 Å². The Bertz CT molecular complexity index is 1230. The van der Waals surface area contributed by atoms with E-state index in [1.807, 2.05) is 57.3 Å². The molecule has 0 unspecified atom stereocenters. The normalized spacial score (nSPS) is 15.8. The molecule has 35 heavy (non-hydrogen) atoms. The van der Waals surface area contributed by atoms with Gasteiger partial charge in [0, 0.05) is 29.9 Å². The summed E-state index contributed by atoms with van der Waals surface area (Å²) in [6.07, 6.45) is 9.33. The van der Waals surface area contributed by atoms with Gasteiger partial charge in [-0.05, 0) is 47.8 Å². The van der Waals surface area contributed by atoms with Gasteiger partial charge in [0.25, 0.3) is 0 Å². The number of carboxylic acids is 1. The molecule has 0 spiro atoms. The third-order valence-electron chi connectivity index (χ3n) is 5.66. The predicted octanol–water partition coefficient (Wildman–Crippen LogP) is 4.33. The van der Waals surface area contributed by atoms with Gasteiger partial charge in [-0.1, -0.05) is 73.3 Å². The molecule has 1 aliphatic heterocycles. The highest BCUT2D eigenvalue weighted by molar-refractivity contribution is 9.11. The number of carboxylic acid groups (broad SMARTS) is 1. The molecule has 7 nitrogen and oxygen atoms in total. The van der Waals surface area contributed by atoms with Gasteiger partial charge in [0.1, 0.15) is 11.5 Å². The van der Waals surface area contributed by atoms with E-state index in [1.165, 1.54) is 0 Å². The molecule has 1 aromatic heterocycles. The van der Waals surface area contributed by atoms with Crippen molar-refractivity contribution < 1.29 is 9.90 Å². The van der Waals surface area contributed by atoms with Crippen LogP contribution in [0.3, 0.4) is 0 Å². The molecule has 186 valence electrons. The van der Waals surface area contributed by atoms with Crippen molar-refractivity contribution in [2.45, 2.75) is 33.6 Å². The van der Waals surface area contributed by atoms with Crippen LogP contribution in [0.2, 0.25) is 0 Å². The van der Waals surface area contributed by atoms with Crippen molar-refractivity contribution in [3.63, 3.8) is 0 Å². The number of aromatic nitrogens is 2. The van der Waals surface area contributed by atoms with Gasteiger partial charge < -0.3 is 15.7 Å². The average molecular weight is 541 g/mol. The van der Waals surface area contributed by atoms with Crippen LogP contribution in [-0.4, -0.2) is 45.1 Å². The van der Waals surface area contributed by atoms with Gasteiger partial charge in [-0.2, -0.15) is 9.78 Å². The molecule has 2 heterocycles. The second-order valence-corrected chi connectivity index (χ2v) is 8.23. The number of allylic oxidation sites excluding steroid dienone is 2. The van der Waals surface area contributed by atoms with Gasteiger partial charge in [-0.25, -0.2) is 9.79 Å². The Morgan fingerprint density at radius 3 is 2.51 bits per heavy atom. The summed E-state index contributed by atoms with van der Waals surface area (Å²) in [4.78, 5) is 19.4. The summed E-state index contributed by atoms with van der Waals surface area (Å²) in [6, 6.07) is 7.93. The van der Waals surface area contributed by atoms with Gasteiger partial charge >= 0.3 is 5.97 Å². The first-order chi connectivity index (χ1) is 16.8. The first-order valence-corrected chi connectivity index (χ1v) is 12.5. The molecule has 0 amide bonds. The number of rotatable bonds is 7. The Morgan fingerprint density at radius 2 is 1.94 bits per heavy atom. The van der Waals surface area contributed by atoms with Crippen molar-refractivity contribution in [1.29, 1.82) is 0 Å². The Morgan fingerprint density at radius 1 is 1.29 bits per heavy atom. The Balaban J connectivity index is 0.00000210. The quantitative estimate of drug-likeness (QED) is 0.403.